The molecule has 188 valence electrons. The van der Waals surface area contributed by atoms with Crippen LogP contribution in [-0.2, 0) is 14.3 Å². The molecule has 0 aliphatic carbocycles. The highest BCUT2D eigenvalue weighted by molar-refractivity contribution is 5.79. The van der Waals surface area contributed by atoms with E-state index in [-0.39, 0.29) is 31.0 Å². The van der Waals surface area contributed by atoms with Gasteiger partial charge in [0.15, 0.2) is 6.61 Å². The molecule has 0 bridgehead atoms. The summed E-state index contributed by atoms with van der Waals surface area (Å²) in [6.45, 7) is 2.90. The van der Waals surface area contributed by atoms with Crippen LogP contribution in [0.5, 0.6) is 0 Å². The van der Waals surface area contributed by atoms with Crippen LogP contribution in [0.25, 0.3) is 0 Å². The zero-order chi connectivity index (χ0) is 24.3. The molecule has 3 heterocycles. The Balaban J connectivity index is 1.19. The van der Waals surface area contributed by atoms with Gasteiger partial charge in [-0.1, -0.05) is 0 Å². The minimum atomic E-state index is -4.57. The van der Waals surface area contributed by atoms with Crippen molar-refractivity contribution in [1.29, 1.82) is 0 Å². The molecule has 3 aliphatic heterocycles. The van der Waals surface area contributed by atoms with E-state index in [0.29, 0.717) is 25.7 Å². The Morgan fingerprint density at radius 1 is 1.06 bits per heavy atom. The molecule has 3 saturated heterocycles. The molecule has 0 saturated carbocycles. The summed E-state index contributed by atoms with van der Waals surface area (Å²) in [4.78, 5) is 30.2. The van der Waals surface area contributed by atoms with Crippen LogP contribution in [0.15, 0.2) is 24.3 Å². The first-order valence-electron chi connectivity index (χ1n) is 11.6. The first kappa shape index (κ1) is 24.6. The number of piperazine rings is 1. The van der Waals surface area contributed by atoms with E-state index in [9.17, 15) is 27.2 Å². The van der Waals surface area contributed by atoms with Gasteiger partial charge in [-0.05, 0) is 43.5 Å². The van der Waals surface area contributed by atoms with Crippen LogP contribution >= 0.6 is 0 Å². The van der Waals surface area contributed by atoms with E-state index in [2.05, 4.69) is 14.5 Å². The molecule has 1 aromatic rings. The molecule has 1 spiro atoms. The average Bonchev–Trinajstić information content (AvgIpc) is 3.11. The zero-order valence-corrected chi connectivity index (χ0v) is 18.9. The van der Waals surface area contributed by atoms with E-state index in [1.54, 1.807) is 12.1 Å². The van der Waals surface area contributed by atoms with E-state index < -0.39 is 24.3 Å². The molecule has 3 fully saturated rings. The number of carbonyl (C=O) groups excluding carboxylic acids is 2. The smallest absolute Gasteiger partial charge is 0.422 e. The summed E-state index contributed by atoms with van der Waals surface area (Å²) >= 11 is 0. The van der Waals surface area contributed by atoms with Crippen molar-refractivity contribution in [2.24, 2.45) is 5.41 Å². The van der Waals surface area contributed by atoms with Crippen molar-refractivity contribution in [3.63, 3.8) is 0 Å². The average molecular weight is 487 g/mol. The molecule has 7 nitrogen and oxygen atoms in total. The third-order valence-corrected chi connectivity index (χ3v) is 6.99. The maximum Gasteiger partial charge on any atom is 0.422 e. The van der Waals surface area contributed by atoms with Gasteiger partial charge in [-0.2, -0.15) is 13.2 Å². The van der Waals surface area contributed by atoms with Crippen molar-refractivity contribution in [3.05, 3.63) is 30.1 Å². The highest BCUT2D eigenvalue weighted by Gasteiger charge is 2.51. The van der Waals surface area contributed by atoms with Gasteiger partial charge in [0.05, 0.1) is 5.41 Å². The molecule has 1 atom stereocenters. The van der Waals surface area contributed by atoms with Crippen molar-refractivity contribution >= 4 is 17.7 Å². The Morgan fingerprint density at radius 3 is 2.32 bits per heavy atom. The standard InChI is InChI=1S/C23H29F4N3O4/c24-17-1-3-18(4-2-17)29-13-11-28(12-14-29)8-5-19-15-22(20(31)34-19)6-9-30(10-7-22)21(32)33-16-23(25,26)27/h1-4,19H,5-16H2/t19-/m0/s1. The number of esters is 1. The number of cyclic esters (lactones) is 1. The predicted octanol–water partition coefficient (Wildman–Crippen LogP) is 3.43. The molecule has 34 heavy (non-hydrogen) atoms. The van der Waals surface area contributed by atoms with Gasteiger partial charge in [0.1, 0.15) is 11.9 Å². The maximum absolute atomic E-state index is 13.1. The third-order valence-electron chi connectivity index (χ3n) is 6.99. The Kier molecular flexibility index (Phi) is 7.20. The normalized spacial score (nSPS) is 23.3. The lowest BCUT2D eigenvalue weighted by molar-refractivity contribution is -0.163. The number of carbonyl (C=O) groups is 2. The van der Waals surface area contributed by atoms with Crippen LogP contribution in [0, 0.1) is 11.2 Å². The SMILES string of the molecule is O=C(OCC(F)(F)F)N1CCC2(CC1)C[C@H](CCN1CCN(c3ccc(F)cc3)CC1)OC2=O. The number of alkyl halides is 3. The lowest BCUT2D eigenvalue weighted by Gasteiger charge is -2.36. The first-order chi connectivity index (χ1) is 16.1. The summed E-state index contributed by atoms with van der Waals surface area (Å²) in [7, 11) is 0. The largest absolute Gasteiger partial charge is 0.462 e. The van der Waals surface area contributed by atoms with E-state index in [1.807, 2.05) is 0 Å². The predicted molar refractivity (Wildman–Crippen MR) is 115 cm³/mol. The Labute approximate surface area is 195 Å². The Hall–Kier alpha value is -2.56. The molecule has 0 aromatic heterocycles. The molecule has 0 unspecified atom stereocenters. The molecular weight excluding hydrogens is 458 g/mol. The molecule has 11 heteroatoms. The number of amides is 1. The second-order valence-electron chi connectivity index (χ2n) is 9.26. The van der Waals surface area contributed by atoms with Crippen molar-refractivity contribution in [2.75, 3.05) is 57.3 Å². The van der Waals surface area contributed by atoms with E-state index in [0.717, 1.165) is 38.4 Å². The number of anilines is 1. The number of piperidine rings is 1. The highest BCUT2D eigenvalue weighted by atomic mass is 19.4. The molecule has 1 amide bonds. The molecule has 0 N–H and O–H groups in total. The number of hydrogen-bond donors (Lipinski definition) is 0. The Morgan fingerprint density at radius 2 is 1.71 bits per heavy atom. The molecule has 4 rings (SSSR count). The number of halogens is 4. The highest BCUT2D eigenvalue weighted by Crippen LogP contribution is 2.44. The van der Waals surface area contributed by atoms with Gasteiger partial charge < -0.3 is 19.3 Å². The van der Waals surface area contributed by atoms with E-state index in [4.69, 9.17) is 4.74 Å². The summed E-state index contributed by atoms with van der Waals surface area (Å²) < 4.78 is 59.9. The monoisotopic (exact) mass is 487 g/mol. The van der Waals surface area contributed by atoms with Crippen LogP contribution in [0.1, 0.15) is 25.7 Å². The summed E-state index contributed by atoms with van der Waals surface area (Å²) in [6, 6.07) is 6.48. The summed E-state index contributed by atoms with van der Waals surface area (Å²) in [5.41, 5.74) is 0.327. The minimum absolute atomic E-state index is 0.170. The third kappa shape index (κ3) is 5.92. The van der Waals surface area contributed by atoms with E-state index in [1.165, 1.54) is 17.0 Å². The summed E-state index contributed by atoms with van der Waals surface area (Å²) in [5.74, 6) is -0.528. The lowest BCUT2D eigenvalue weighted by Crippen LogP contribution is -2.47. The quantitative estimate of drug-likeness (QED) is 0.469. The Bertz CT molecular complexity index is 864. The van der Waals surface area contributed by atoms with Crippen LogP contribution in [0.3, 0.4) is 0 Å². The van der Waals surface area contributed by atoms with Crippen molar-refractivity contribution in [3.8, 4) is 0 Å². The van der Waals surface area contributed by atoms with Crippen molar-refractivity contribution in [1.82, 2.24) is 9.80 Å². The lowest BCUT2D eigenvalue weighted by atomic mass is 9.76. The molecule has 0 radical (unpaired) electrons. The number of ether oxygens (including phenoxy) is 2. The zero-order valence-electron chi connectivity index (χ0n) is 18.9. The fourth-order valence-corrected chi connectivity index (χ4v) is 4.97. The first-order valence-corrected chi connectivity index (χ1v) is 11.6. The fraction of sp³-hybridized carbons (Fsp3) is 0.652. The number of nitrogens with zero attached hydrogens (tertiary/aromatic N) is 3. The van der Waals surface area contributed by atoms with Crippen LogP contribution in [0.2, 0.25) is 0 Å². The number of benzene rings is 1. The van der Waals surface area contributed by atoms with Crippen LogP contribution in [0.4, 0.5) is 28.0 Å². The fourth-order valence-electron chi connectivity index (χ4n) is 4.97. The van der Waals surface area contributed by atoms with Crippen molar-refractivity contribution < 1.29 is 36.6 Å². The van der Waals surface area contributed by atoms with Crippen LogP contribution < -0.4 is 4.90 Å². The van der Waals surface area contributed by atoms with Gasteiger partial charge in [0, 0.05) is 57.9 Å². The summed E-state index contributed by atoms with van der Waals surface area (Å²) in [6.07, 6.45) is -3.78. The molecular formula is C23H29F4N3O4. The minimum Gasteiger partial charge on any atom is -0.462 e. The number of hydrogen-bond acceptors (Lipinski definition) is 6. The summed E-state index contributed by atoms with van der Waals surface area (Å²) in [5, 5.41) is 0. The molecule has 3 aliphatic rings. The second-order valence-corrected chi connectivity index (χ2v) is 9.26. The maximum atomic E-state index is 13.1. The van der Waals surface area contributed by atoms with E-state index >= 15 is 0 Å². The second kappa shape index (κ2) is 9.97. The van der Waals surface area contributed by atoms with Gasteiger partial charge >= 0.3 is 18.2 Å². The number of likely N-dealkylation sites (tertiary alicyclic amines) is 1. The van der Waals surface area contributed by atoms with Crippen LogP contribution in [-0.4, -0.2) is 86.6 Å². The number of rotatable bonds is 5. The van der Waals surface area contributed by atoms with Gasteiger partial charge in [0.2, 0.25) is 0 Å². The van der Waals surface area contributed by atoms with Gasteiger partial charge in [0.25, 0.3) is 0 Å². The molecule has 1 aromatic carbocycles. The van der Waals surface area contributed by atoms with Gasteiger partial charge in [-0.15, -0.1) is 0 Å². The topological polar surface area (TPSA) is 62.3 Å². The van der Waals surface area contributed by atoms with Gasteiger partial charge in [-0.25, -0.2) is 9.18 Å². The van der Waals surface area contributed by atoms with Gasteiger partial charge in [-0.3, -0.25) is 9.69 Å². The van der Waals surface area contributed by atoms with Crippen molar-refractivity contribution in [2.45, 2.75) is 38.0 Å².